The summed E-state index contributed by atoms with van der Waals surface area (Å²) in [5, 5.41) is 3.41. The van der Waals surface area contributed by atoms with Gasteiger partial charge in [0.15, 0.2) is 5.82 Å². The average molecular weight is 250 g/mol. The number of aromatic nitrogens is 2. The molecule has 0 unspecified atom stereocenters. The third kappa shape index (κ3) is 2.31. The van der Waals surface area contributed by atoms with Crippen LogP contribution in [0, 0.1) is 6.92 Å². The molecule has 1 amide bonds. The van der Waals surface area contributed by atoms with Gasteiger partial charge in [0.05, 0.1) is 0 Å². The molecule has 2 aromatic rings. The highest BCUT2D eigenvalue weighted by Crippen LogP contribution is 2.23. The smallest absolute Gasteiger partial charge is 0.291 e. The van der Waals surface area contributed by atoms with Crippen LogP contribution >= 0.6 is 11.6 Å². The lowest BCUT2D eigenvalue weighted by atomic mass is 10.2. The normalized spacial score (nSPS) is 10.3. The molecule has 0 saturated heterocycles. The first-order valence-electron chi connectivity index (χ1n) is 5.13. The number of nitrogens with zero attached hydrogens (tertiary/aromatic N) is 2. The first kappa shape index (κ1) is 11.7. The minimum Gasteiger partial charge on any atom is -0.330 e. The third-order valence-corrected chi connectivity index (χ3v) is 2.95. The maximum Gasteiger partial charge on any atom is 0.291 e. The van der Waals surface area contributed by atoms with Gasteiger partial charge in [-0.2, -0.15) is 0 Å². The van der Waals surface area contributed by atoms with Crippen molar-refractivity contribution in [2.45, 2.75) is 6.92 Å². The van der Waals surface area contributed by atoms with Crippen molar-refractivity contribution < 1.29 is 4.79 Å². The lowest BCUT2D eigenvalue weighted by Crippen LogP contribution is -2.17. The van der Waals surface area contributed by atoms with Gasteiger partial charge in [0, 0.05) is 30.2 Å². The predicted molar refractivity (Wildman–Crippen MR) is 67.4 cm³/mol. The van der Waals surface area contributed by atoms with Gasteiger partial charge in [0.25, 0.3) is 5.91 Å². The molecule has 5 heteroatoms. The SMILES string of the molecule is Cc1c(Cl)cccc1NC(=O)c1nccn1C. The molecule has 4 nitrogen and oxygen atoms in total. The number of amides is 1. The van der Waals surface area contributed by atoms with E-state index in [9.17, 15) is 4.79 Å². The minimum atomic E-state index is -0.247. The van der Waals surface area contributed by atoms with E-state index in [-0.39, 0.29) is 5.91 Å². The Morgan fingerprint density at radius 3 is 2.88 bits per heavy atom. The monoisotopic (exact) mass is 249 g/mol. The lowest BCUT2D eigenvalue weighted by molar-refractivity contribution is 0.101. The van der Waals surface area contributed by atoms with Crippen LogP contribution in [0.25, 0.3) is 0 Å². The molecular weight excluding hydrogens is 238 g/mol. The van der Waals surface area contributed by atoms with E-state index in [2.05, 4.69) is 10.3 Å². The Morgan fingerprint density at radius 2 is 2.24 bits per heavy atom. The van der Waals surface area contributed by atoms with E-state index in [1.165, 1.54) is 0 Å². The summed E-state index contributed by atoms with van der Waals surface area (Å²) >= 11 is 5.98. The second-order valence-corrected chi connectivity index (χ2v) is 4.14. The summed E-state index contributed by atoms with van der Waals surface area (Å²) in [6, 6.07) is 5.39. The van der Waals surface area contributed by atoms with Crippen LogP contribution in [0.15, 0.2) is 30.6 Å². The van der Waals surface area contributed by atoms with Crippen LogP contribution in [0.4, 0.5) is 5.69 Å². The number of hydrogen-bond donors (Lipinski definition) is 1. The van der Waals surface area contributed by atoms with Gasteiger partial charge in [0.2, 0.25) is 0 Å². The number of imidazole rings is 1. The van der Waals surface area contributed by atoms with Crippen LogP contribution in [0.5, 0.6) is 0 Å². The topological polar surface area (TPSA) is 46.9 Å². The molecule has 0 aliphatic carbocycles. The number of hydrogen-bond acceptors (Lipinski definition) is 2. The highest BCUT2D eigenvalue weighted by molar-refractivity contribution is 6.31. The van der Waals surface area contributed by atoms with E-state index in [1.807, 2.05) is 13.0 Å². The van der Waals surface area contributed by atoms with E-state index >= 15 is 0 Å². The van der Waals surface area contributed by atoms with E-state index < -0.39 is 0 Å². The number of nitrogens with one attached hydrogen (secondary N) is 1. The molecule has 1 heterocycles. The zero-order chi connectivity index (χ0) is 12.4. The molecule has 0 atom stereocenters. The zero-order valence-corrected chi connectivity index (χ0v) is 10.3. The van der Waals surface area contributed by atoms with Crippen LogP contribution in [0.1, 0.15) is 16.2 Å². The molecule has 88 valence electrons. The molecule has 0 fully saturated rings. The summed E-state index contributed by atoms with van der Waals surface area (Å²) in [5.41, 5.74) is 1.54. The number of anilines is 1. The van der Waals surface area contributed by atoms with Gasteiger partial charge in [-0.15, -0.1) is 0 Å². The van der Waals surface area contributed by atoms with E-state index in [0.717, 1.165) is 5.56 Å². The largest absolute Gasteiger partial charge is 0.330 e. The number of aryl methyl sites for hydroxylation is 1. The van der Waals surface area contributed by atoms with Gasteiger partial charge >= 0.3 is 0 Å². The van der Waals surface area contributed by atoms with Gasteiger partial charge in [-0.3, -0.25) is 4.79 Å². The van der Waals surface area contributed by atoms with Gasteiger partial charge in [-0.05, 0) is 24.6 Å². The van der Waals surface area contributed by atoms with Crippen molar-refractivity contribution in [3.05, 3.63) is 47.0 Å². The summed E-state index contributed by atoms with van der Waals surface area (Å²) in [7, 11) is 1.77. The number of halogens is 1. The molecule has 1 aromatic carbocycles. The lowest BCUT2D eigenvalue weighted by Gasteiger charge is -2.09. The molecule has 1 N–H and O–H groups in total. The Labute approximate surface area is 104 Å². The first-order chi connectivity index (χ1) is 8.09. The maximum atomic E-state index is 11.9. The maximum absolute atomic E-state index is 11.9. The molecule has 17 heavy (non-hydrogen) atoms. The second kappa shape index (κ2) is 4.59. The number of benzene rings is 1. The molecule has 0 radical (unpaired) electrons. The molecule has 2 rings (SSSR count). The fourth-order valence-electron chi connectivity index (χ4n) is 1.51. The van der Waals surface area contributed by atoms with Gasteiger partial charge in [0.1, 0.15) is 0 Å². The van der Waals surface area contributed by atoms with E-state index in [4.69, 9.17) is 11.6 Å². The van der Waals surface area contributed by atoms with E-state index in [1.54, 1.807) is 36.1 Å². The second-order valence-electron chi connectivity index (χ2n) is 3.73. The Hall–Kier alpha value is -1.81. The molecule has 0 aliphatic heterocycles. The highest BCUT2D eigenvalue weighted by Gasteiger charge is 2.12. The Morgan fingerprint density at radius 1 is 1.47 bits per heavy atom. The number of carbonyl (C=O) groups excluding carboxylic acids is 1. The van der Waals surface area contributed by atoms with Crippen LogP contribution < -0.4 is 5.32 Å². The molecule has 0 saturated carbocycles. The van der Waals surface area contributed by atoms with Crippen LogP contribution in [-0.4, -0.2) is 15.5 Å². The van der Waals surface area contributed by atoms with Gasteiger partial charge in [-0.1, -0.05) is 17.7 Å². The summed E-state index contributed by atoms with van der Waals surface area (Å²) < 4.78 is 1.66. The Bertz CT molecular complexity index is 563. The zero-order valence-electron chi connectivity index (χ0n) is 9.57. The molecule has 0 spiro atoms. The van der Waals surface area contributed by atoms with Crippen molar-refractivity contribution in [3.8, 4) is 0 Å². The molecular formula is C12H12ClN3O. The summed E-state index contributed by atoms with van der Waals surface area (Å²) in [4.78, 5) is 15.9. The standard InChI is InChI=1S/C12H12ClN3O/c1-8-9(13)4-3-5-10(8)15-12(17)11-14-6-7-16(11)2/h3-7H,1-2H3,(H,15,17). The Balaban J connectivity index is 2.25. The average Bonchev–Trinajstić information content (AvgIpc) is 2.71. The highest BCUT2D eigenvalue weighted by atomic mass is 35.5. The summed E-state index contributed by atoms with van der Waals surface area (Å²) in [6.07, 6.45) is 3.31. The fourth-order valence-corrected chi connectivity index (χ4v) is 1.68. The third-order valence-electron chi connectivity index (χ3n) is 2.54. The Kier molecular flexibility index (Phi) is 3.15. The first-order valence-corrected chi connectivity index (χ1v) is 5.51. The number of rotatable bonds is 2. The van der Waals surface area contributed by atoms with E-state index in [0.29, 0.717) is 16.5 Å². The van der Waals surface area contributed by atoms with Crippen molar-refractivity contribution in [1.29, 1.82) is 0 Å². The van der Waals surface area contributed by atoms with Crippen molar-refractivity contribution in [3.63, 3.8) is 0 Å². The van der Waals surface area contributed by atoms with Crippen molar-refractivity contribution in [1.82, 2.24) is 9.55 Å². The summed E-state index contributed by atoms with van der Waals surface area (Å²) in [5.74, 6) is 0.118. The predicted octanol–water partition coefficient (Wildman–Crippen LogP) is 2.63. The molecule has 0 bridgehead atoms. The van der Waals surface area contributed by atoms with Gasteiger partial charge < -0.3 is 9.88 Å². The van der Waals surface area contributed by atoms with Crippen LogP contribution in [0.2, 0.25) is 5.02 Å². The fraction of sp³-hybridized carbons (Fsp3) is 0.167. The molecule has 1 aromatic heterocycles. The van der Waals surface area contributed by atoms with Crippen molar-refractivity contribution >= 4 is 23.2 Å². The summed E-state index contributed by atoms with van der Waals surface area (Å²) in [6.45, 7) is 1.86. The quantitative estimate of drug-likeness (QED) is 0.889. The number of carbonyl (C=O) groups is 1. The van der Waals surface area contributed by atoms with Crippen molar-refractivity contribution in [2.75, 3.05) is 5.32 Å². The van der Waals surface area contributed by atoms with Crippen LogP contribution in [-0.2, 0) is 7.05 Å². The van der Waals surface area contributed by atoms with Crippen LogP contribution in [0.3, 0.4) is 0 Å². The minimum absolute atomic E-state index is 0.247. The molecule has 0 aliphatic rings. The van der Waals surface area contributed by atoms with Gasteiger partial charge in [-0.25, -0.2) is 4.98 Å². The van der Waals surface area contributed by atoms with Crippen molar-refractivity contribution in [2.24, 2.45) is 7.05 Å².